The normalized spacial score (nSPS) is 11.5. The number of pyridine rings is 1. The van der Waals surface area contributed by atoms with Gasteiger partial charge in [-0.05, 0) is 36.8 Å². The van der Waals surface area contributed by atoms with Crippen molar-refractivity contribution in [2.45, 2.75) is 13.0 Å². The third kappa shape index (κ3) is 5.15. The number of ether oxygens (including phenoxy) is 1. The average molecular weight is 366 g/mol. The lowest BCUT2D eigenvalue weighted by Crippen LogP contribution is -2.38. The van der Waals surface area contributed by atoms with Crippen LogP contribution in [0.4, 0.5) is 4.39 Å². The summed E-state index contributed by atoms with van der Waals surface area (Å²) in [4.78, 5) is 27.7. The molecule has 0 fully saturated rings. The van der Waals surface area contributed by atoms with Gasteiger partial charge in [0.2, 0.25) is 5.91 Å². The second-order valence-corrected chi connectivity index (χ2v) is 5.66. The lowest BCUT2D eigenvalue weighted by atomic mass is 10.1. The minimum Gasteiger partial charge on any atom is -0.494 e. The van der Waals surface area contributed by atoms with Crippen molar-refractivity contribution in [3.63, 3.8) is 0 Å². The summed E-state index contributed by atoms with van der Waals surface area (Å²) in [6.45, 7) is 1.47. The zero-order chi connectivity index (χ0) is 18.4. The second-order valence-electron chi connectivity index (χ2n) is 5.23. The van der Waals surface area contributed by atoms with E-state index in [1.165, 1.54) is 31.5 Å². The van der Waals surface area contributed by atoms with Gasteiger partial charge < -0.3 is 15.4 Å². The van der Waals surface area contributed by atoms with Crippen molar-refractivity contribution in [3.8, 4) is 5.75 Å². The van der Waals surface area contributed by atoms with Crippen LogP contribution >= 0.6 is 11.6 Å². The van der Waals surface area contributed by atoms with Crippen LogP contribution in [0.1, 0.15) is 29.0 Å². The van der Waals surface area contributed by atoms with Gasteiger partial charge in [0.05, 0.1) is 19.7 Å². The fourth-order valence-electron chi connectivity index (χ4n) is 2.11. The molecular formula is C17H17ClFN3O3. The molecule has 1 atom stereocenters. The van der Waals surface area contributed by atoms with Crippen molar-refractivity contribution in [1.29, 1.82) is 0 Å². The van der Waals surface area contributed by atoms with Crippen LogP contribution in [-0.2, 0) is 4.79 Å². The van der Waals surface area contributed by atoms with Gasteiger partial charge in [-0.1, -0.05) is 17.7 Å². The Bertz CT molecular complexity index is 785. The van der Waals surface area contributed by atoms with Gasteiger partial charge >= 0.3 is 0 Å². The molecule has 0 aliphatic carbocycles. The average Bonchev–Trinajstić information content (AvgIpc) is 2.59. The van der Waals surface area contributed by atoms with Gasteiger partial charge in [-0.25, -0.2) is 4.39 Å². The highest BCUT2D eigenvalue weighted by Crippen LogP contribution is 2.21. The van der Waals surface area contributed by atoms with E-state index in [2.05, 4.69) is 15.6 Å². The third-order valence-electron chi connectivity index (χ3n) is 3.42. The molecule has 2 rings (SSSR count). The Morgan fingerprint density at radius 1 is 1.32 bits per heavy atom. The number of aromatic nitrogens is 1. The van der Waals surface area contributed by atoms with E-state index >= 15 is 0 Å². The van der Waals surface area contributed by atoms with E-state index in [9.17, 15) is 14.0 Å². The van der Waals surface area contributed by atoms with E-state index in [0.717, 1.165) is 0 Å². The molecule has 2 N–H and O–H groups in total. The highest BCUT2D eigenvalue weighted by molar-refractivity contribution is 6.30. The number of nitrogens with zero attached hydrogens (tertiary/aromatic N) is 1. The summed E-state index contributed by atoms with van der Waals surface area (Å²) in [5.41, 5.74) is 0.694. The van der Waals surface area contributed by atoms with Crippen molar-refractivity contribution >= 4 is 23.4 Å². The van der Waals surface area contributed by atoms with E-state index in [-0.39, 0.29) is 18.0 Å². The number of nitrogens with one attached hydrogen (secondary N) is 2. The molecule has 25 heavy (non-hydrogen) atoms. The summed E-state index contributed by atoms with van der Waals surface area (Å²) >= 11 is 5.78. The summed E-state index contributed by atoms with van der Waals surface area (Å²) in [6.07, 6.45) is 1.40. The fraction of sp³-hybridized carbons (Fsp3) is 0.235. The lowest BCUT2D eigenvalue weighted by Gasteiger charge is -2.15. The number of carbonyl (C=O) groups excluding carboxylic acids is 2. The molecule has 0 bridgehead atoms. The Labute approximate surface area is 149 Å². The molecule has 0 aliphatic rings. The summed E-state index contributed by atoms with van der Waals surface area (Å²) in [5.74, 6) is -1.31. The van der Waals surface area contributed by atoms with Gasteiger partial charge in [-0.2, -0.15) is 0 Å². The van der Waals surface area contributed by atoms with Crippen molar-refractivity contribution in [3.05, 3.63) is 58.6 Å². The van der Waals surface area contributed by atoms with E-state index in [0.29, 0.717) is 10.6 Å². The SMILES string of the molecule is COc1ccc([C@H](C)NC(=O)CNC(=O)c2cc(Cl)ccn2)cc1F. The smallest absolute Gasteiger partial charge is 0.270 e. The van der Waals surface area contributed by atoms with Crippen molar-refractivity contribution in [2.24, 2.45) is 0 Å². The third-order valence-corrected chi connectivity index (χ3v) is 3.65. The summed E-state index contributed by atoms with van der Waals surface area (Å²) in [7, 11) is 1.38. The maximum Gasteiger partial charge on any atom is 0.270 e. The minimum absolute atomic E-state index is 0.116. The molecule has 1 aromatic carbocycles. The molecule has 0 radical (unpaired) electrons. The predicted molar refractivity (Wildman–Crippen MR) is 91.1 cm³/mol. The number of rotatable bonds is 6. The summed E-state index contributed by atoms with van der Waals surface area (Å²) < 4.78 is 18.6. The number of hydrogen-bond donors (Lipinski definition) is 2. The molecule has 0 saturated carbocycles. The molecule has 8 heteroatoms. The first-order valence-corrected chi connectivity index (χ1v) is 7.81. The van der Waals surface area contributed by atoms with Gasteiger partial charge in [0, 0.05) is 11.2 Å². The number of hydrogen-bond acceptors (Lipinski definition) is 4. The molecule has 0 unspecified atom stereocenters. The lowest BCUT2D eigenvalue weighted by molar-refractivity contribution is -0.120. The van der Waals surface area contributed by atoms with Crippen LogP contribution in [-0.4, -0.2) is 30.5 Å². The highest BCUT2D eigenvalue weighted by Gasteiger charge is 2.14. The van der Waals surface area contributed by atoms with Crippen LogP contribution in [0.3, 0.4) is 0 Å². The standard InChI is InChI=1S/C17H17ClFN3O3/c1-10(11-3-4-15(25-2)13(19)7-11)22-16(23)9-21-17(24)14-8-12(18)5-6-20-14/h3-8,10H,9H2,1-2H3,(H,21,24)(H,22,23)/t10-/m0/s1. The largest absolute Gasteiger partial charge is 0.494 e. The fourth-order valence-corrected chi connectivity index (χ4v) is 2.27. The molecule has 0 spiro atoms. The Balaban J connectivity index is 1.89. The van der Waals surface area contributed by atoms with Crippen LogP contribution in [0.25, 0.3) is 0 Å². The van der Waals surface area contributed by atoms with Gasteiger partial charge in [0.15, 0.2) is 11.6 Å². The molecular weight excluding hydrogens is 349 g/mol. The maximum atomic E-state index is 13.7. The first kappa shape index (κ1) is 18.7. The van der Waals surface area contributed by atoms with Crippen LogP contribution in [0, 0.1) is 5.82 Å². The van der Waals surface area contributed by atoms with Crippen molar-refractivity contribution < 1.29 is 18.7 Å². The van der Waals surface area contributed by atoms with Crippen LogP contribution < -0.4 is 15.4 Å². The quantitative estimate of drug-likeness (QED) is 0.824. The molecule has 132 valence electrons. The van der Waals surface area contributed by atoms with E-state index < -0.39 is 23.7 Å². The Morgan fingerprint density at radius 2 is 2.08 bits per heavy atom. The molecule has 1 aromatic heterocycles. The molecule has 1 heterocycles. The molecule has 6 nitrogen and oxygen atoms in total. The van der Waals surface area contributed by atoms with Crippen LogP contribution in [0.5, 0.6) is 5.75 Å². The van der Waals surface area contributed by atoms with Gasteiger partial charge in [-0.3, -0.25) is 14.6 Å². The van der Waals surface area contributed by atoms with Gasteiger partial charge in [0.25, 0.3) is 5.91 Å². The Hall–Kier alpha value is -2.67. The number of benzene rings is 1. The van der Waals surface area contributed by atoms with Crippen molar-refractivity contribution in [2.75, 3.05) is 13.7 Å². The number of amides is 2. The Morgan fingerprint density at radius 3 is 2.72 bits per heavy atom. The maximum absolute atomic E-state index is 13.7. The molecule has 2 aromatic rings. The summed E-state index contributed by atoms with van der Waals surface area (Å²) in [6, 6.07) is 6.94. The molecule has 0 saturated heterocycles. The number of carbonyl (C=O) groups is 2. The Kier molecular flexibility index (Phi) is 6.30. The number of halogens is 2. The highest BCUT2D eigenvalue weighted by atomic mass is 35.5. The van der Waals surface area contributed by atoms with E-state index in [1.54, 1.807) is 19.1 Å². The number of methoxy groups -OCH3 is 1. The van der Waals surface area contributed by atoms with Gasteiger partial charge in [-0.15, -0.1) is 0 Å². The first-order chi connectivity index (χ1) is 11.9. The van der Waals surface area contributed by atoms with Gasteiger partial charge in [0.1, 0.15) is 5.69 Å². The topological polar surface area (TPSA) is 80.3 Å². The zero-order valence-electron chi connectivity index (χ0n) is 13.7. The second kappa shape index (κ2) is 8.43. The van der Waals surface area contributed by atoms with E-state index in [1.807, 2.05) is 0 Å². The monoisotopic (exact) mass is 365 g/mol. The van der Waals surface area contributed by atoms with Crippen LogP contribution in [0.15, 0.2) is 36.5 Å². The molecule has 0 aliphatic heterocycles. The molecule has 2 amide bonds. The first-order valence-electron chi connectivity index (χ1n) is 7.43. The zero-order valence-corrected chi connectivity index (χ0v) is 14.4. The predicted octanol–water partition coefficient (Wildman–Crippen LogP) is 2.49. The van der Waals surface area contributed by atoms with Crippen molar-refractivity contribution in [1.82, 2.24) is 15.6 Å². The van der Waals surface area contributed by atoms with E-state index in [4.69, 9.17) is 16.3 Å². The summed E-state index contributed by atoms with van der Waals surface area (Å²) in [5, 5.41) is 5.49. The minimum atomic E-state index is -0.513. The van der Waals surface area contributed by atoms with Crippen LogP contribution in [0.2, 0.25) is 5.02 Å².